The van der Waals surface area contributed by atoms with Gasteiger partial charge in [0.05, 0.1) is 19.3 Å². The summed E-state index contributed by atoms with van der Waals surface area (Å²) in [6.45, 7) is 4.91. The van der Waals surface area contributed by atoms with Crippen molar-refractivity contribution in [2.45, 2.75) is 38.6 Å². The van der Waals surface area contributed by atoms with Gasteiger partial charge in [0.2, 0.25) is 5.91 Å². The largest absolute Gasteiger partial charge is 0.377 e. The molecule has 1 amide bonds. The first kappa shape index (κ1) is 12.8. The van der Waals surface area contributed by atoms with Crippen LogP contribution in [0.2, 0.25) is 0 Å². The Morgan fingerprint density at radius 3 is 3.00 bits per heavy atom. The van der Waals surface area contributed by atoms with Crippen LogP contribution in [0.3, 0.4) is 0 Å². The second-order valence-electron chi connectivity index (χ2n) is 5.42. The smallest absolute Gasteiger partial charge is 0.226 e. The van der Waals surface area contributed by atoms with Crippen molar-refractivity contribution in [1.29, 1.82) is 0 Å². The quantitative estimate of drug-likeness (QED) is 0.783. The van der Waals surface area contributed by atoms with Crippen LogP contribution in [0.15, 0.2) is 0 Å². The van der Waals surface area contributed by atoms with Gasteiger partial charge in [0.1, 0.15) is 0 Å². The third-order valence-corrected chi connectivity index (χ3v) is 4.12. The van der Waals surface area contributed by atoms with Gasteiger partial charge in [-0.1, -0.05) is 6.42 Å². The lowest BCUT2D eigenvalue weighted by Gasteiger charge is -2.38. The Morgan fingerprint density at radius 1 is 1.47 bits per heavy atom. The maximum Gasteiger partial charge on any atom is 0.226 e. The van der Waals surface area contributed by atoms with Crippen molar-refractivity contribution < 1.29 is 9.53 Å². The minimum absolute atomic E-state index is 0.206. The Morgan fingerprint density at radius 2 is 2.29 bits per heavy atom. The summed E-state index contributed by atoms with van der Waals surface area (Å²) in [7, 11) is 0. The first-order valence-electron chi connectivity index (χ1n) is 6.80. The summed E-state index contributed by atoms with van der Waals surface area (Å²) in [6.07, 6.45) is 4.37. The van der Waals surface area contributed by atoms with Gasteiger partial charge in [-0.15, -0.1) is 0 Å². The van der Waals surface area contributed by atoms with E-state index < -0.39 is 0 Å². The molecule has 2 rings (SSSR count). The third-order valence-electron chi connectivity index (χ3n) is 4.12. The van der Waals surface area contributed by atoms with Gasteiger partial charge in [-0.25, -0.2) is 0 Å². The van der Waals surface area contributed by atoms with Crippen LogP contribution in [0.5, 0.6) is 0 Å². The molecule has 2 N–H and O–H groups in total. The number of amides is 1. The molecule has 3 unspecified atom stereocenters. The average molecular weight is 240 g/mol. The van der Waals surface area contributed by atoms with Crippen LogP contribution < -0.4 is 5.73 Å². The van der Waals surface area contributed by atoms with E-state index in [0.29, 0.717) is 25.0 Å². The lowest BCUT2D eigenvalue weighted by atomic mass is 9.80. The predicted octanol–water partition coefficient (Wildman–Crippen LogP) is 0.999. The first-order chi connectivity index (χ1) is 8.22. The van der Waals surface area contributed by atoms with Crippen LogP contribution in [-0.2, 0) is 9.53 Å². The predicted molar refractivity (Wildman–Crippen MR) is 66.5 cm³/mol. The van der Waals surface area contributed by atoms with Crippen molar-refractivity contribution in [2.75, 3.05) is 26.3 Å². The van der Waals surface area contributed by atoms with E-state index in [2.05, 4.69) is 6.92 Å². The molecule has 98 valence electrons. The summed E-state index contributed by atoms with van der Waals surface area (Å²) in [5.41, 5.74) is 5.73. The van der Waals surface area contributed by atoms with E-state index in [1.165, 1.54) is 6.42 Å². The number of hydrogen-bond donors (Lipinski definition) is 1. The van der Waals surface area contributed by atoms with Crippen molar-refractivity contribution >= 4 is 5.91 Å². The van der Waals surface area contributed by atoms with E-state index in [9.17, 15) is 4.79 Å². The highest BCUT2D eigenvalue weighted by molar-refractivity contribution is 5.79. The van der Waals surface area contributed by atoms with Crippen LogP contribution in [-0.4, -0.2) is 43.2 Å². The van der Waals surface area contributed by atoms with Crippen molar-refractivity contribution in [3.63, 3.8) is 0 Å². The third kappa shape index (κ3) is 2.99. The fourth-order valence-corrected chi connectivity index (χ4v) is 3.02. The number of morpholine rings is 1. The highest BCUT2D eigenvalue weighted by atomic mass is 16.5. The monoisotopic (exact) mass is 240 g/mol. The number of nitrogens with two attached hydrogens (primary N) is 1. The Bertz CT molecular complexity index is 270. The molecule has 1 saturated carbocycles. The Hall–Kier alpha value is -0.610. The molecule has 4 nitrogen and oxygen atoms in total. The molecule has 0 aromatic rings. The lowest BCUT2D eigenvalue weighted by molar-refractivity contribution is -0.145. The molecule has 4 heteroatoms. The van der Waals surface area contributed by atoms with Gasteiger partial charge in [-0.05, 0) is 38.6 Å². The maximum atomic E-state index is 12.5. The standard InChI is InChI=1S/C13H24N2O2/c1-10-9-17-6-5-15(10)13(16)12-4-2-3-11(7-12)8-14/h10-12H,2-9,14H2,1H3. The van der Waals surface area contributed by atoms with Crippen LogP contribution in [0, 0.1) is 11.8 Å². The molecule has 3 atom stereocenters. The van der Waals surface area contributed by atoms with E-state index in [1.807, 2.05) is 4.90 Å². The van der Waals surface area contributed by atoms with Crippen LogP contribution in [0.4, 0.5) is 0 Å². The van der Waals surface area contributed by atoms with Gasteiger partial charge in [0.15, 0.2) is 0 Å². The number of carbonyl (C=O) groups excluding carboxylic acids is 1. The van der Waals surface area contributed by atoms with Crippen molar-refractivity contribution in [1.82, 2.24) is 4.90 Å². The highest BCUT2D eigenvalue weighted by Gasteiger charge is 2.32. The molecule has 2 fully saturated rings. The molecule has 0 aromatic carbocycles. The minimum atomic E-state index is 0.206. The minimum Gasteiger partial charge on any atom is -0.377 e. The topological polar surface area (TPSA) is 55.6 Å². The number of nitrogens with zero attached hydrogens (tertiary/aromatic N) is 1. The molecule has 1 saturated heterocycles. The number of carbonyl (C=O) groups is 1. The van der Waals surface area contributed by atoms with Gasteiger partial charge < -0.3 is 15.4 Å². The fourth-order valence-electron chi connectivity index (χ4n) is 3.02. The zero-order valence-corrected chi connectivity index (χ0v) is 10.7. The van der Waals surface area contributed by atoms with Crippen LogP contribution >= 0.6 is 0 Å². The van der Waals surface area contributed by atoms with Gasteiger partial charge in [-0.2, -0.15) is 0 Å². The van der Waals surface area contributed by atoms with E-state index in [4.69, 9.17) is 10.5 Å². The van der Waals surface area contributed by atoms with E-state index in [1.54, 1.807) is 0 Å². The molecular weight excluding hydrogens is 216 g/mol. The normalized spacial score (nSPS) is 34.7. The Kier molecular flexibility index (Phi) is 4.40. The van der Waals surface area contributed by atoms with Gasteiger partial charge in [0.25, 0.3) is 0 Å². The molecule has 2 aliphatic rings. The average Bonchev–Trinajstić information content (AvgIpc) is 2.38. The Labute approximate surface area is 103 Å². The number of ether oxygens (including phenoxy) is 1. The van der Waals surface area contributed by atoms with Crippen LogP contribution in [0.25, 0.3) is 0 Å². The second-order valence-corrected chi connectivity index (χ2v) is 5.42. The van der Waals surface area contributed by atoms with Crippen molar-refractivity contribution in [3.05, 3.63) is 0 Å². The molecule has 0 spiro atoms. The van der Waals surface area contributed by atoms with Gasteiger partial charge in [0, 0.05) is 12.5 Å². The summed E-state index contributed by atoms with van der Waals surface area (Å²) in [5, 5.41) is 0. The van der Waals surface area contributed by atoms with Crippen molar-refractivity contribution in [3.8, 4) is 0 Å². The fraction of sp³-hybridized carbons (Fsp3) is 0.923. The second kappa shape index (κ2) is 5.83. The van der Waals surface area contributed by atoms with Crippen LogP contribution in [0.1, 0.15) is 32.6 Å². The molecule has 0 radical (unpaired) electrons. The summed E-state index contributed by atoms with van der Waals surface area (Å²) in [4.78, 5) is 14.5. The first-order valence-corrected chi connectivity index (χ1v) is 6.80. The van der Waals surface area contributed by atoms with Crippen molar-refractivity contribution in [2.24, 2.45) is 17.6 Å². The van der Waals surface area contributed by atoms with E-state index >= 15 is 0 Å². The summed E-state index contributed by atoms with van der Waals surface area (Å²) in [6, 6.07) is 0.231. The van der Waals surface area contributed by atoms with E-state index in [0.717, 1.165) is 32.4 Å². The molecule has 1 heterocycles. The molecular formula is C13H24N2O2. The zero-order chi connectivity index (χ0) is 12.3. The summed E-state index contributed by atoms with van der Waals surface area (Å²) >= 11 is 0. The number of rotatable bonds is 2. The maximum absolute atomic E-state index is 12.5. The molecule has 1 aliphatic heterocycles. The summed E-state index contributed by atoms with van der Waals surface area (Å²) < 4.78 is 5.38. The van der Waals surface area contributed by atoms with Gasteiger partial charge >= 0.3 is 0 Å². The summed E-state index contributed by atoms with van der Waals surface area (Å²) in [5.74, 6) is 1.09. The molecule has 0 aromatic heterocycles. The highest BCUT2D eigenvalue weighted by Crippen LogP contribution is 2.30. The SMILES string of the molecule is CC1COCCN1C(=O)C1CCCC(CN)C1. The zero-order valence-electron chi connectivity index (χ0n) is 10.7. The molecule has 1 aliphatic carbocycles. The number of hydrogen-bond acceptors (Lipinski definition) is 3. The molecule has 0 bridgehead atoms. The molecule has 17 heavy (non-hydrogen) atoms. The van der Waals surface area contributed by atoms with Gasteiger partial charge in [-0.3, -0.25) is 4.79 Å². The Balaban J connectivity index is 1.93. The van der Waals surface area contributed by atoms with E-state index in [-0.39, 0.29) is 12.0 Å². The lowest BCUT2D eigenvalue weighted by Crippen LogP contribution is -2.50.